The van der Waals surface area contributed by atoms with Gasteiger partial charge < -0.3 is 14.8 Å². The molecule has 2 rings (SSSR count). The zero-order valence-electron chi connectivity index (χ0n) is 10.9. The Balaban J connectivity index is 1.88. The second-order valence-electron chi connectivity index (χ2n) is 4.67. The van der Waals surface area contributed by atoms with Gasteiger partial charge in [0.1, 0.15) is 13.2 Å². The van der Waals surface area contributed by atoms with E-state index < -0.39 is 0 Å². The standard InChI is InChI=1S/C14H19NO3/c1-10(2)14(16)15-6-5-11-3-4-12-13(9-11)18-8-7-17-12/h3-4,9-10H,5-8H2,1-2H3,(H,15,16). The first-order valence-corrected chi connectivity index (χ1v) is 6.33. The predicted molar refractivity (Wildman–Crippen MR) is 69.0 cm³/mol. The van der Waals surface area contributed by atoms with Gasteiger partial charge in [0.2, 0.25) is 5.91 Å². The molecule has 1 aromatic rings. The molecule has 98 valence electrons. The summed E-state index contributed by atoms with van der Waals surface area (Å²) in [6.45, 7) is 5.63. The van der Waals surface area contributed by atoms with Crippen molar-refractivity contribution in [2.75, 3.05) is 19.8 Å². The van der Waals surface area contributed by atoms with Gasteiger partial charge >= 0.3 is 0 Å². The van der Waals surface area contributed by atoms with Crippen molar-refractivity contribution in [1.82, 2.24) is 5.32 Å². The number of nitrogens with one attached hydrogen (secondary N) is 1. The van der Waals surface area contributed by atoms with Gasteiger partial charge in [0.15, 0.2) is 11.5 Å². The maximum Gasteiger partial charge on any atom is 0.222 e. The molecule has 1 aliphatic rings. The fraction of sp³-hybridized carbons (Fsp3) is 0.500. The largest absolute Gasteiger partial charge is 0.486 e. The molecule has 0 fully saturated rings. The molecule has 0 saturated carbocycles. The quantitative estimate of drug-likeness (QED) is 0.884. The molecule has 0 unspecified atom stereocenters. The fourth-order valence-corrected chi connectivity index (χ4v) is 1.78. The molecule has 0 spiro atoms. The van der Waals surface area contributed by atoms with Gasteiger partial charge in [-0.05, 0) is 24.1 Å². The Morgan fingerprint density at radius 3 is 2.72 bits per heavy atom. The SMILES string of the molecule is CC(C)C(=O)NCCc1ccc2c(c1)OCCO2. The van der Waals surface area contributed by atoms with E-state index in [1.807, 2.05) is 32.0 Å². The Morgan fingerprint density at radius 2 is 2.00 bits per heavy atom. The number of fused-ring (bicyclic) bond motifs is 1. The van der Waals surface area contributed by atoms with Crippen molar-refractivity contribution in [2.24, 2.45) is 5.92 Å². The lowest BCUT2D eigenvalue weighted by molar-refractivity contribution is -0.123. The highest BCUT2D eigenvalue weighted by Crippen LogP contribution is 2.30. The number of ether oxygens (including phenoxy) is 2. The Kier molecular flexibility index (Phi) is 4.07. The maximum absolute atomic E-state index is 11.4. The van der Waals surface area contributed by atoms with Gasteiger partial charge in [0, 0.05) is 12.5 Å². The van der Waals surface area contributed by atoms with E-state index in [0.717, 1.165) is 23.5 Å². The summed E-state index contributed by atoms with van der Waals surface area (Å²) in [5.74, 6) is 1.72. The molecule has 0 bridgehead atoms. The summed E-state index contributed by atoms with van der Waals surface area (Å²) >= 11 is 0. The van der Waals surface area contributed by atoms with Crippen LogP contribution in [-0.2, 0) is 11.2 Å². The number of hydrogen-bond acceptors (Lipinski definition) is 3. The van der Waals surface area contributed by atoms with Crippen LogP contribution in [0.2, 0.25) is 0 Å². The monoisotopic (exact) mass is 249 g/mol. The van der Waals surface area contributed by atoms with Crippen LogP contribution in [0.15, 0.2) is 18.2 Å². The van der Waals surface area contributed by atoms with Crippen LogP contribution in [0.25, 0.3) is 0 Å². The molecule has 1 N–H and O–H groups in total. The number of amides is 1. The molecule has 0 aliphatic carbocycles. The van der Waals surface area contributed by atoms with E-state index in [-0.39, 0.29) is 11.8 Å². The average Bonchev–Trinajstić information content (AvgIpc) is 2.38. The highest BCUT2D eigenvalue weighted by molar-refractivity contribution is 5.77. The van der Waals surface area contributed by atoms with Crippen LogP contribution in [0.3, 0.4) is 0 Å². The summed E-state index contributed by atoms with van der Waals surface area (Å²) < 4.78 is 11.0. The van der Waals surface area contributed by atoms with Crippen molar-refractivity contribution in [1.29, 1.82) is 0 Å². The predicted octanol–water partition coefficient (Wildman–Crippen LogP) is 1.77. The lowest BCUT2D eigenvalue weighted by Crippen LogP contribution is -2.29. The summed E-state index contributed by atoms with van der Waals surface area (Å²) in [4.78, 5) is 11.4. The van der Waals surface area contributed by atoms with Crippen molar-refractivity contribution in [3.63, 3.8) is 0 Å². The second kappa shape index (κ2) is 5.76. The van der Waals surface area contributed by atoms with Crippen molar-refractivity contribution < 1.29 is 14.3 Å². The van der Waals surface area contributed by atoms with Crippen molar-refractivity contribution >= 4 is 5.91 Å². The molecule has 18 heavy (non-hydrogen) atoms. The van der Waals surface area contributed by atoms with Crippen LogP contribution in [0.1, 0.15) is 19.4 Å². The van der Waals surface area contributed by atoms with Crippen LogP contribution in [0.5, 0.6) is 11.5 Å². The average molecular weight is 249 g/mol. The van der Waals surface area contributed by atoms with Gasteiger partial charge in [-0.2, -0.15) is 0 Å². The molecule has 0 aromatic heterocycles. The molecule has 1 aliphatic heterocycles. The molecular formula is C14H19NO3. The fourth-order valence-electron chi connectivity index (χ4n) is 1.78. The smallest absolute Gasteiger partial charge is 0.222 e. The minimum Gasteiger partial charge on any atom is -0.486 e. The molecule has 1 amide bonds. The number of rotatable bonds is 4. The zero-order valence-corrected chi connectivity index (χ0v) is 10.9. The minimum atomic E-state index is 0.0327. The summed E-state index contributed by atoms with van der Waals surface area (Å²) in [6, 6.07) is 5.92. The van der Waals surface area contributed by atoms with Crippen LogP contribution in [-0.4, -0.2) is 25.7 Å². The molecule has 1 heterocycles. The van der Waals surface area contributed by atoms with Gasteiger partial charge in [0.05, 0.1) is 0 Å². The zero-order chi connectivity index (χ0) is 13.0. The molecule has 4 nitrogen and oxygen atoms in total. The minimum absolute atomic E-state index is 0.0327. The first kappa shape index (κ1) is 12.7. The van der Waals surface area contributed by atoms with E-state index in [2.05, 4.69) is 5.32 Å². The lowest BCUT2D eigenvalue weighted by Gasteiger charge is -2.19. The van der Waals surface area contributed by atoms with Crippen LogP contribution < -0.4 is 14.8 Å². The van der Waals surface area contributed by atoms with Crippen molar-refractivity contribution in [2.45, 2.75) is 20.3 Å². The van der Waals surface area contributed by atoms with E-state index in [4.69, 9.17) is 9.47 Å². The third-order valence-electron chi connectivity index (χ3n) is 2.84. The highest BCUT2D eigenvalue weighted by atomic mass is 16.6. The van der Waals surface area contributed by atoms with Gasteiger partial charge in [0.25, 0.3) is 0 Å². The van der Waals surface area contributed by atoms with Gasteiger partial charge in [-0.3, -0.25) is 4.79 Å². The molecule has 1 aromatic carbocycles. The molecule has 0 radical (unpaired) electrons. The first-order chi connectivity index (χ1) is 8.66. The van der Waals surface area contributed by atoms with E-state index in [0.29, 0.717) is 19.8 Å². The van der Waals surface area contributed by atoms with Gasteiger partial charge in [-0.1, -0.05) is 19.9 Å². The topological polar surface area (TPSA) is 47.6 Å². The van der Waals surface area contributed by atoms with E-state index in [9.17, 15) is 4.79 Å². The Morgan fingerprint density at radius 1 is 1.28 bits per heavy atom. The summed E-state index contributed by atoms with van der Waals surface area (Å²) in [5.41, 5.74) is 1.14. The van der Waals surface area contributed by atoms with Crippen molar-refractivity contribution in [3.8, 4) is 11.5 Å². The summed E-state index contributed by atoms with van der Waals surface area (Å²) in [6.07, 6.45) is 0.801. The van der Waals surface area contributed by atoms with Crippen LogP contribution in [0.4, 0.5) is 0 Å². The lowest BCUT2D eigenvalue weighted by atomic mass is 10.1. The summed E-state index contributed by atoms with van der Waals surface area (Å²) in [5, 5.41) is 2.90. The molecule has 0 atom stereocenters. The van der Waals surface area contributed by atoms with E-state index in [1.54, 1.807) is 0 Å². The molecule has 4 heteroatoms. The first-order valence-electron chi connectivity index (χ1n) is 6.33. The van der Waals surface area contributed by atoms with Gasteiger partial charge in [-0.25, -0.2) is 0 Å². The molecule has 0 saturated heterocycles. The number of benzene rings is 1. The molecular weight excluding hydrogens is 230 g/mol. The normalized spacial score (nSPS) is 13.5. The highest BCUT2D eigenvalue weighted by Gasteiger charge is 2.11. The Hall–Kier alpha value is -1.71. The van der Waals surface area contributed by atoms with Crippen LogP contribution in [0, 0.1) is 5.92 Å². The van der Waals surface area contributed by atoms with Crippen molar-refractivity contribution in [3.05, 3.63) is 23.8 Å². The van der Waals surface area contributed by atoms with Crippen LogP contribution >= 0.6 is 0 Å². The Labute approximate surface area is 107 Å². The number of carbonyl (C=O) groups is 1. The van der Waals surface area contributed by atoms with Gasteiger partial charge in [-0.15, -0.1) is 0 Å². The Bertz CT molecular complexity index is 429. The van der Waals surface area contributed by atoms with E-state index in [1.165, 1.54) is 0 Å². The third-order valence-corrected chi connectivity index (χ3v) is 2.84. The third kappa shape index (κ3) is 3.15. The number of carbonyl (C=O) groups excluding carboxylic acids is 1. The second-order valence-corrected chi connectivity index (χ2v) is 4.67. The number of hydrogen-bond donors (Lipinski definition) is 1. The maximum atomic E-state index is 11.4. The van der Waals surface area contributed by atoms with E-state index >= 15 is 0 Å². The summed E-state index contributed by atoms with van der Waals surface area (Å²) in [7, 11) is 0.